The van der Waals surface area contributed by atoms with E-state index in [-0.39, 0.29) is 5.41 Å². The average molecular weight is 339 g/mol. The SMILES string of the molecule is CC(C)(C)c1ccc(NCCc2ccc(Br)s2)nc1. The molecule has 0 fully saturated rings. The Hall–Kier alpha value is -0.870. The van der Waals surface area contributed by atoms with Crippen molar-refractivity contribution < 1.29 is 0 Å². The summed E-state index contributed by atoms with van der Waals surface area (Å²) < 4.78 is 1.19. The number of rotatable bonds is 4. The zero-order valence-electron chi connectivity index (χ0n) is 11.5. The van der Waals surface area contributed by atoms with Crippen LogP contribution < -0.4 is 5.32 Å². The minimum absolute atomic E-state index is 0.161. The van der Waals surface area contributed by atoms with Crippen LogP contribution in [0.3, 0.4) is 0 Å². The first-order valence-corrected chi connectivity index (χ1v) is 8.01. The molecule has 2 rings (SSSR count). The molecular formula is C15H19BrN2S. The van der Waals surface area contributed by atoms with E-state index in [0.717, 1.165) is 18.8 Å². The highest BCUT2D eigenvalue weighted by Crippen LogP contribution is 2.23. The van der Waals surface area contributed by atoms with Crippen molar-refractivity contribution in [1.82, 2.24) is 4.98 Å². The molecule has 2 aromatic heterocycles. The molecule has 0 radical (unpaired) electrons. The molecule has 0 amide bonds. The Morgan fingerprint density at radius 1 is 1.21 bits per heavy atom. The summed E-state index contributed by atoms with van der Waals surface area (Å²) in [5, 5.41) is 3.36. The molecule has 0 saturated carbocycles. The van der Waals surface area contributed by atoms with Crippen molar-refractivity contribution in [2.45, 2.75) is 32.6 Å². The van der Waals surface area contributed by atoms with Crippen LogP contribution in [0.25, 0.3) is 0 Å². The van der Waals surface area contributed by atoms with Gasteiger partial charge in [-0.3, -0.25) is 0 Å². The fourth-order valence-electron chi connectivity index (χ4n) is 1.74. The fourth-order valence-corrected chi connectivity index (χ4v) is 3.22. The lowest BCUT2D eigenvalue weighted by molar-refractivity contribution is 0.587. The minimum atomic E-state index is 0.161. The molecule has 0 aliphatic rings. The van der Waals surface area contributed by atoms with Crippen LogP contribution >= 0.6 is 27.3 Å². The monoisotopic (exact) mass is 338 g/mol. The number of nitrogens with one attached hydrogen (secondary N) is 1. The van der Waals surface area contributed by atoms with E-state index >= 15 is 0 Å². The van der Waals surface area contributed by atoms with Crippen molar-refractivity contribution in [3.63, 3.8) is 0 Å². The summed E-state index contributed by atoms with van der Waals surface area (Å²) in [6, 6.07) is 8.46. The number of hydrogen-bond donors (Lipinski definition) is 1. The standard InChI is InChI=1S/C15H19BrN2S/c1-15(2,3)11-4-7-14(18-10-11)17-9-8-12-5-6-13(16)19-12/h4-7,10H,8-9H2,1-3H3,(H,17,18). The van der Waals surface area contributed by atoms with Gasteiger partial charge in [0.1, 0.15) is 5.82 Å². The summed E-state index contributed by atoms with van der Waals surface area (Å²) in [4.78, 5) is 5.84. The molecule has 0 saturated heterocycles. The summed E-state index contributed by atoms with van der Waals surface area (Å²) in [6.07, 6.45) is 2.99. The number of nitrogens with zero attached hydrogens (tertiary/aromatic N) is 1. The fraction of sp³-hybridized carbons (Fsp3) is 0.400. The first-order valence-electron chi connectivity index (χ1n) is 6.40. The summed E-state index contributed by atoms with van der Waals surface area (Å²) in [6.45, 7) is 7.51. The highest BCUT2D eigenvalue weighted by molar-refractivity contribution is 9.11. The van der Waals surface area contributed by atoms with Gasteiger partial charge in [-0.05, 0) is 51.5 Å². The van der Waals surface area contributed by atoms with Gasteiger partial charge in [0.15, 0.2) is 0 Å². The molecule has 2 nitrogen and oxygen atoms in total. The van der Waals surface area contributed by atoms with Gasteiger partial charge in [0.25, 0.3) is 0 Å². The summed E-state index contributed by atoms with van der Waals surface area (Å²) in [7, 11) is 0. The van der Waals surface area contributed by atoms with Gasteiger partial charge in [-0.25, -0.2) is 4.98 Å². The quantitative estimate of drug-likeness (QED) is 0.861. The maximum absolute atomic E-state index is 4.46. The molecule has 0 unspecified atom stereocenters. The van der Waals surface area contributed by atoms with Gasteiger partial charge in [-0.1, -0.05) is 26.8 Å². The summed E-state index contributed by atoms with van der Waals surface area (Å²) in [5.41, 5.74) is 1.43. The topological polar surface area (TPSA) is 24.9 Å². The molecule has 1 N–H and O–H groups in total. The van der Waals surface area contributed by atoms with Crippen LogP contribution in [0.1, 0.15) is 31.2 Å². The van der Waals surface area contributed by atoms with E-state index < -0.39 is 0 Å². The van der Waals surface area contributed by atoms with Crippen LogP contribution in [0.15, 0.2) is 34.2 Å². The van der Waals surface area contributed by atoms with Gasteiger partial charge in [-0.15, -0.1) is 11.3 Å². The van der Waals surface area contributed by atoms with Gasteiger partial charge < -0.3 is 5.32 Å². The van der Waals surface area contributed by atoms with Crippen LogP contribution in [-0.4, -0.2) is 11.5 Å². The molecule has 0 spiro atoms. The van der Waals surface area contributed by atoms with Crippen LogP contribution in [0.4, 0.5) is 5.82 Å². The van der Waals surface area contributed by atoms with Crippen molar-refractivity contribution in [2.75, 3.05) is 11.9 Å². The first kappa shape index (κ1) is 14.5. The van der Waals surface area contributed by atoms with E-state index in [1.807, 2.05) is 6.20 Å². The van der Waals surface area contributed by atoms with Crippen LogP contribution in [0.2, 0.25) is 0 Å². The average Bonchev–Trinajstić information content (AvgIpc) is 2.75. The highest BCUT2D eigenvalue weighted by Gasteiger charge is 2.13. The first-order chi connectivity index (χ1) is 8.95. The molecule has 0 bridgehead atoms. The van der Waals surface area contributed by atoms with Crippen molar-refractivity contribution in [2.24, 2.45) is 0 Å². The number of anilines is 1. The predicted molar refractivity (Wildman–Crippen MR) is 87.1 cm³/mol. The summed E-state index contributed by atoms with van der Waals surface area (Å²) >= 11 is 5.27. The third kappa shape index (κ3) is 4.32. The Morgan fingerprint density at radius 2 is 2.00 bits per heavy atom. The molecule has 0 aliphatic carbocycles. The Labute approximate surface area is 127 Å². The number of halogens is 1. The van der Waals surface area contributed by atoms with Gasteiger partial charge in [0.05, 0.1) is 3.79 Å². The molecule has 2 aromatic rings. The van der Waals surface area contributed by atoms with Gasteiger partial charge in [0.2, 0.25) is 0 Å². The Balaban J connectivity index is 1.86. The van der Waals surface area contributed by atoms with E-state index in [1.54, 1.807) is 11.3 Å². The number of aromatic nitrogens is 1. The zero-order valence-corrected chi connectivity index (χ0v) is 13.9. The molecule has 2 heterocycles. The second-order valence-electron chi connectivity index (χ2n) is 5.56. The Morgan fingerprint density at radius 3 is 2.53 bits per heavy atom. The van der Waals surface area contributed by atoms with E-state index in [2.05, 4.69) is 71.3 Å². The number of pyridine rings is 1. The maximum atomic E-state index is 4.46. The second-order valence-corrected chi connectivity index (χ2v) is 8.11. The highest BCUT2D eigenvalue weighted by atomic mass is 79.9. The molecule has 0 atom stereocenters. The zero-order chi connectivity index (χ0) is 13.9. The van der Waals surface area contributed by atoms with Crippen molar-refractivity contribution in [3.8, 4) is 0 Å². The van der Waals surface area contributed by atoms with Gasteiger partial charge in [0, 0.05) is 17.6 Å². The molecule has 0 aliphatic heterocycles. The third-order valence-electron chi connectivity index (χ3n) is 2.94. The number of thiophene rings is 1. The van der Waals surface area contributed by atoms with E-state index in [4.69, 9.17) is 0 Å². The van der Waals surface area contributed by atoms with E-state index in [1.165, 1.54) is 14.2 Å². The van der Waals surface area contributed by atoms with Crippen LogP contribution in [-0.2, 0) is 11.8 Å². The molecule has 19 heavy (non-hydrogen) atoms. The van der Waals surface area contributed by atoms with Crippen molar-refractivity contribution in [3.05, 3.63) is 44.7 Å². The lowest BCUT2D eigenvalue weighted by Crippen LogP contribution is -2.12. The Bertz CT molecular complexity index is 526. The largest absolute Gasteiger partial charge is 0.370 e. The van der Waals surface area contributed by atoms with E-state index in [0.29, 0.717) is 0 Å². The van der Waals surface area contributed by atoms with Crippen LogP contribution in [0.5, 0.6) is 0 Å². The lowest BCUT2D eigenvalue weighted by Gasteiger charge is -2.18. The molecular weight excluding hydrogens is 320 g/mol. The maximum Gasteiger partial charge on any atom is 0.125 e. The lowest BCUT2D eigenvalue weighted by atomic mass is 9.88. The van der Waals surface area contributed by atoms with E-state index in [9.17, 15) is 0 Å². The summed E-state index contributed by atoms with van der Waals surface area (Å²) in [5.74, 6) is 0.948. The molecule has 4 heteroatoms. The van der Waals surface area contributed by atoms with Crippen LogP contribution in [0, 0.1) is 0 Å². The normalized spacial score (nSPS) is 11.6. The van der Waals surface area contributed by atoms with Crippen molar-refractivity contribution >= 4 is 33.1 Å². The van der Waals surface area contributed by atoms with Gasteiger partial charge in [-0.2, -0.15) is 0 Å². The second kappa shape index (κ2) is 6.06. The molecule has 0 aromatic carbocycles. The van der Waals surface area contributed by atoms with Crippen molar-refractivity contribution in [1.29, 1.82) is 0 Å². The number of hydrogen-bond acceptors (Lipinski definition) is 3. The predicted octanol–water partition coefficient (Wildman–Crippen LogP) is 4.86. The van der Waals surface area contributed by atoms with Gasteiger partial charge >= 0.3 is 0 Å². The third-order valence-corrected chi connectivity index (χ3v) is 4.62. The molecule has 102 valence electrons. The minimum Gasteiger partial charge on any atom is -0.370 e. The Kier molecular flexibility index (Phi) is 4.63. The smallest absolute Gasteiger partial charge is 0.125 e.